The molecule has 3 heteroatoms. The second-order valence-corrected chi connectivity index (χ2v) is 4.19. The molecule has 3 nitrogen and oxygen atoms in total. The highest BCUT2D eigenvalue weighted by molar-refractivity contribution is 5.04. The van der Waals surface area contributed by atoms with Gasteiger partial charge in [-0.25, -0.2) is 9.67 Å². The van der Waals surface area contributed by atoms with E-state index in [1.165, 1.54) is 37.9 Å². The minimum Gasteiger partial charge on any atom is -0.250 e. The molecule has 0 radical (unpaired) electrons. The van der Waals surface area contributed by atoms with Crippen LogP contribution in [0.3, 0.4) is 0 Å². The Morgan fingerprint density at radius 2 is 2.08 bits per heavy atom. The third kappa shape index (κ3) is 1.18. The Bertz CT molecular complexity index is 288. The first kappa shape index (κ1) is 7.54. The van der Waals surface area contributed by atoms with Gasteiger partial charge in [-0.3, -0.25) is 0 Å². The van der Waals surface area contributed by atoms with Gasteiger partial charge in [-0.05, 0) is 25.7 Å². The molecule has 2 aliphatic rings. The summed E-state index contributed by atoms with van der Waals surface area (Å²) in [5.74, 6) is 3.05. The van der Waals surface area contributed by atoms with Crippen LogP contribution in [0.1, 0.15) is 49.7 Å². The molecule has 0 atom stereocenters. The Morgan fingerprint density at radius 3 is 2.77 bits per heavy atom. The predicted molar refractivity (Wildman–Crippen MR) is 49.6 cm³/mol. The van der Waals surface area contributed by atoms with Crippen LogP contribution in [-0.4, -0.2) is 14.8 Å². The molecule has 1 saturated carbocycles. The molecule has 2 heterocycles. The average Bonchev–Trinajstić information content (AvgIpc) is 2.43. The Hall–Kier alpha value is -0.860. The van der Waals surface area contributed by atoms with Crippen molar-refractivity contribution in [3.05, 3.63) is 11.6 Å². The largest absolute Gasteiger partial charge is 0.250 e. The van der Waals surface area contributed by atoms with Gasteiger partial charge in [-0.1, -0.05) is 6.42 Å². The van der Waals surface area contributed by atoms with Gasteiger partial charge < -0.3 is 0 Å². The highest BCUT2D eigenvalue weighted by Gasteiger charge is 2.25. The number of hydrogen-bond donors (Lipinski definition) is 0. The zero-order valence-electron chi connectivity index (χ0n) is 7.87. The van der Waals surface area contributed by atoms with E-state index in [1.807, 2.05) is 0 Å². The average molecular weight is 177 g/mol. The molecule has 1 aromatic heterocycles. The van der Waals surface area contributed by atoms with Crippen LogP contribution in [0.25, 0.3) is 0 Å². The van der Waals surface area contributed by atoms with E-state index in [-0.39, 0.29) is 0 Å². The molecule has 0 aromatic carbocycles. The molecule has 1 fully saturated rings. The molecule has 1 aromatic rings. The lowest BCUT2D eigenvalue weighted by atomic mass is 9.85. The van der Waals surface area contributed by atoms with Crippen molar-refractivity contribution >= 4 is 0 Å². The van der Waals surface area contributed by atoms with Gasteiger partial charge in [0, 0.05) is 18.9 Å². The molecule has 0 N–H and O–H groups in total. The maximum atomic E-state index is 4.62. The molecule has 70 valence electrons. The first-order valence-corrected chi connectivity index (χ1v) is 5.37. The third-order valence-corrected chi connectivity index (χ3v) is 3.26. The Labute approximate surface area is 78.2 Å². The molecule has 1 aliphatic heterocycles. The molecule has 0 amide bonds. The highest BCUT2D eigenvalue weighted by Crippen LogP contribution is 2.34. The van der Waals surface area contributed by atoms with Crippen molar-refractivity contribution in [1.82, 2.24) is 14.8 Å². The lowest BCUT2D eigenvalue weighted by Gasteiger charge is -2.21. The monoisotopic (exact) mass is 177 g/mol. The van der Waals surface area contributed by atoms with Crippen molar-refractivity contribution in [3.63, 3.8) is 0 Å². The molecule has 0 unspecified atom stereocenters. The smallest absolute Gasteiger partial charge is 0.154 e. The standard InChI is InChI=1S/C10H15N3/c1-2-7-13-9(6-1)11-10(12-13)8-4-3-5-8/h8H,1-7H2. The lowest BCUT2D eigenvalue weighted by molar-refractivity contribution is 0.397. The van der Waals surface area contributed by atoms with Crippen molar-refractivity contribution in [2.45, 2.75) is 51.0 Å². The van der Waals surface area contributed by atoms with Crippen molar-refractivity contribution in [2.75, 3.05) is 0 Å². The maximum Gasteiger partial charge on any atom is 0.154 e. The topological polar surface area (TPSA) is 30.7 Å². The van der Waals surface area contributed by atoms with Crippen LogP contribution in [0.5, 0.6) is 0 Å². The first-order chi connectivity index (χ1) is 6.43. The fourth-order valence-corrected chi connectivity index (χ4v) is 2.14. The minimum atomic E-state index is 0.693. The Kier molecular flexibility index (Phi) is 1.64. The van der Waals surface area contributed by atoms with Gasteiger partial charge in [0.15, 0.2) is 5.82 Å². The summed E-state index contributed by atoms with van der Waals surface area (Å²) in [5, 5.41) is 4.58. The van der Waals surface area contributed by atoms with Crippen LogP contribution in [0, 0.1) is 0 Å². The number of fused-ring (bicyclic) bond motifs is 1. The highest BCUT2D eigenvalue weighted by atomic mass is 15.4. The maximum absolute atomic E-state index is 4.62. The van der Waals surface area contributed by atoms with Gasteiger partial charge in [0.05, 0.1) is 0 Å². The van der Waals surface area contributed by atoms with Crippen molar-refractivity contribution in [1.29, 1.82) is 0 Å². The summed E-state index contributed by atoms with van der Waals surface area (Å²) in [7, 11) is 0. The molecule has 0 bridgehead atoms. The first-order valence-electron chi connectivity index (χ1n) is 5.37. The van der Waals surface area contributed by atoms with Gasteiger partial charge in [-0.2, -0.15) is 5.10 Å². The molecule has 1 aliphatic carbocycles. The van der Waals surface area contributed by atoms with Crippen molar-refractivity contribution < 1.29 is 0 Å². The Balaban J connectivity index is 1.90. The molecule has 0 spiro atoms. The number of rotatable bonds is 1. The van der Waals surface area contributed by atoms with E-state index in [0.717, 1.165) is 18.8 Å². The number of nitrogens with zero attached hydrogens (tertiary/aromatic N) is 3. The zero-order valence-corrected chi connectivity index (χ0v) is 7.87. The van der Waals surface area contributed by atoms with E-state index in [0.29, 0.717) is 5.92 Å². The van der Waals surface area contributed by atoms with Gasteiger partial charge in [0.1, 0.15) is 5.82 Å². The van der Waals surface area contributed by atoms with E-state index in [1.54, 1.807) is 0 Å². The number of aryl methyl sites for hydroxylation is 2. The Morgan fingerprint density at radius 1 is 1.15 bits per heavy atom. The van der Waals surface area contributed by atoms with Crippen LogP contribution in [0.4, 0.5) is 0 Å². The van der Waals surface area contributed by atoms with Gasteiger partial charge in [-0.15, -0.1) is 0 Å². The summed E-state index contributed by atoms with van der Waals surface area (Å²) in [6.45, 7) is 1.09. The van der Waals surface area contributed by atoms with E-state index >= 15 is 0 Å². The number of hydrogen-bond acceptors (Lipinski definition) is 2. The zero-order chi connectivity index (χ0) is 8.67. The summed E-state index contributed by atoms with van der Waals surface area (Å²) in [6.07, 6.45) is 7.70. The molecule has 0 saturated heterocycles. The molecule has 13 heavy (non-hydrogen) atoms. The fraction of sp³-hybridized carbons (Fsp3) is 0.800. The van der Waals surface area contributed by atoms with Crippen LogP contribution in [0.2, 0.25) is 0 Å². The van der Waals surface area contributed by atoms with Crippen LogP contribution >= 0.6 is 0 Å². The van der Waals surface area contributed by atoms with E-state index < -0.39 is 0 Å². The quantitative estimate of drug-likeness (QED) is 0.655. The third-order valence-electron chi connectivity index (χ3n) is 3.26. The summed E-state index contributed by atoms with van der Waals surface area (Å²) in [6, 6.07) is 0. The summed E-state index contributed by atoms with van der Waals surface area (Å²) >= 11 is 0. The molecular formula is C10H15N3. The van der Waals surface area contributed by atoms with Crippen LogP contribution in [-0.2, 0) is 13.0 Å². The number of aromatic nitrogens is 3. The van der Waals surface area contributed by atoms with Crippen LogP contribution in [0.15, 0.2) is 0 Å². The van der Waals surface area contributed by atoms with E-state index in [4.69, 9.17) is 0 Å². The van der Waals surface area contributed by atoms with Crippen LogP contribution < -0.4 is 0 Å². The van der Waals surface area contributed by atoms with Crippen molar-refractivity contribution in [3.8, 4) is 0 Å². The predicted octanol–water partition coefficient (Wildman–Crippen LogP) is 1.88. The second-order valence-electron chi connectivity index (χ2n) is 4.19. The fourth-order valence-electron chi connectivity index (χ4n) is 2.14. The van der Waals surface area contributed by atoms with Gasteiger partial charge >= 0.3 is 0 Å². The molecular weight excluding hydrogens is 162 g/mol. The minimum absolute atomic E-state index is 0.693. The summed E-state index contributed by atoms with van der Waals surface area (Å²) in [4.78, 5) is 4.62. The van der Waals surface area contributed by atoms with Gasteiger partial charge in [0.2, 0.25) is 0 Å². The van der Waals surface area contributed by atoms with Gasteiger partial charge in [0.25, 0.3) is 0 Å². The van der Waals surface area contributed by atoms with Crippen molar-refractivity contribution in [2.24, 2.45) is 0 Å². The molecule has 3 rings (SSSR count). The second kappa shape index (κ2) is 2.82. The lowest BCUT2D eigenvalue weighted by Crippen LogP contribution is -2.12. The normalized spacial score (nSPS) is 22.5. The summed E-state index contributed by atoms with van der Waals surface area (Å²) < 4.78 is 2.12. The SMILES string of the molecule is C1CCn2nc(C3CCC3)nc2C1. The van der Waals surface area contributed by atoms with E-state index in [2.05, 4.69) is 14.8 Å². The van der Waals surface area contributed by atoms with E-state index in [9.17, 15) is 0 Å². The summed E-state index contributed by atoms with van der Waals surface area (Å²) in [5.41, 5.74) is 0.